The second kappa shape index (κ2) is 6.39. The number of nitrogens with one attached hydrogen (secondary N) is 2. The minimum Gasteiger partial charge on any atom is -0.396 e. The van der Waals surface area contributed by atoms with Gasteiger partial charge in [0, 0.05) is 31.7 Å². The van der Waals surface area contributed by atoms with Crippen LogP contribution in [0, 0.1) is 5.41 Å². The molecule has 114 valence electrons. The van der Waals surface area contributed by atoms with Gasteiger partial charge >= 0.3 is 0 Å². The molecule has 0 aliphatic rings. The van der Waals surface area contributed by atoms with Crippen molar-refractivity contribution in [1.29, 1.82) is 0 Å². The van der Waals surface area contributed by atoms with Crippen LogP contribution in [-0.4, -0.2) is 35.3 Å². The molecule has 0 unspecified atom stereocenters. The summed E-state index contributed by atoms with van der Waals surface area (Å²) in [4.78, 5) is 9.09. The van der Waals surface area contributed by atoms with Gasteiger partial charge in [-0.1, -0.05) is 34.6 Å². The highest BCUT2D eigenvalue weighted by Gasteiger charge is 2.20. The van der Waals surface area contributed by atoms with Gasteiger partial charge in [-0.3, -0.25) is 0 Å². The quantitative estimate of drug-likeness (QED) is 0.747. The van der Waals surface area contributed by atoms with Gasteiger partial charge in [-0.2, -0.15) is 0 Å². The van der Waals surface area contributed by atoms with Crippen LogP contribution in [0.3, 0.4) is 0 Å². The van der Waals surface area contributed by atoms with Crippen molar-refractivity contribution in [2.45, 2.75) is 46.5 Å². The molecule has 0 saturated carbocycles. The van der Waals surface area contributed by atoms with Crippen molar-refractivity contribution in [3.05, 3.63) is 11.9 Å². The molecular formula is C15H28N4O. The fourth-order valence-corrected chi connectivity index (χ4v) is 1.72. The normalized spacial score (nSPS) is 12.3. The molecule has 0 atom stereocenters. The van der Waals surface area contributed by atoms with Gasteiger partial charge in [-0.05, 0) is 11.8 Å². The second-order valence-corrected chi connectivity index (χ2v) is 6.95. The summed E-state index contributed by atoms with van der Waals surface area (Å²) in [5, 5.41) is 15.5. The molecule has 0 bridgehead atoms. The molecule has 1 rings (SSSR count). The monoisotopic (exact) mass is 280 g/mol. The number of aliphatic hydroxyl groups excluding tert-OH is 1. The Morgan fingerprint density at radius 3 is 2.20 bits per heavy atom. The maximum atomic E-state index is 9.07. The van der Waals surface area contributed by atoms with Crippen LogP contribution < -0.4 is 10.6 Å². The van der Waals surface area contributed by atoms with E-state index in [0.29, 0.717) is 0 Å². The number of nitrogens with zero attached hydrogens (tertiary/aromatic N) is 2. The fraction of sp³-hybridized carbons (Fsp3) is 0.733. The zero-order valence-corrected chi connectivity index (χ0v) is 13.5. The molecule has 0 saturated heterocycles. The number of hydrogen-bond acceptors (Lipinski definition) is 5. The smallest absolute Gasteiger partial charge is 0.138 e. The SMILES string of the molecule is CNc1cc(NCC(C)(C)CCO)nc(C(C)(C)C)n1. The predicted molar refractivity (Wildman–Crippen MR) is 84.3 cm³/mol. The highest BCUT2D eigenvalue weighted by molar-refractivity contribution is 5.48. The van der Waals surface area contributed by atoms with Crippen molar-refractivity contribution < 1.29 is 5.11 Å². The maximum absolute atomic E-state index is 9.07. The molecule has 0 spiro atoms. The van der Waals surface area contributed by atoms with Crippen LogP contribution in [0.15, 0.2) is 6.07 Å². The van der Waals surface area contributed by atoms with E-state index in [1.165, 1.54) is 0 Å². The van der Waals surface area contributed by atoms with E-state index < -0.39 is 0 Å². The molecule has 0 aliphatic carbocycles. The summed E-state index contributed by atoms with van der Waals surface area (Å²) in [6.45, 7) is 11.5. The van der Waals surface area contributed by atoms with Gasteiger partial charge in [0.05, 0.1) is 0 Å². The third kappa shape index (κ3) is 4.96. The van der Waals surface area contributed by atoms with E-state index in [1.54, 1.807) is 0 Å². The zero-order valence-electron chi connectivity index (χ0n) is 13.5. The average Bonchev–Trinajstić information content (AvgIpc) is 2.35. The summed E-state index contributed by atoms with van der Waals surface area (Å²) < 4.78 is 0. The van der Waals surface area contributed by atoms with Gasteiger partial charge in [0.15, 0.2) is 0 Å². The minimum absolute atomic E-state index is 0.0292. The first-order valence-corrected chi connectivity index (χ1v) is 7.10. The van der Waals surface area contributed by atoms with Crippen LogP contribution in [0.5, 0.6) is 0 Å². The van der Waals surface area contributed by atoms with Gasteiger partial charge in [0.25, 0.3) is 0 Å². The third-order valence-electron chi connectivity index (χ3n) is 3.19. The van der Waals surface area contributed by atoms with E-state index in [0.717, 1.165) is 30.4 Å². The van der Waals surface area contributed by atoms with E-state index in [2.05, 4.69) is 55.2 Å². The molecule has 0 fully saturated rings. The summed E-state index contributed by atoms with van der Waals surface area (Å²) in [6.07, 6.45) is 0.760. The van der Waals surface area contributed by atoms with Crippen molar-refractivity contribution >= 4 is 11.6 Å². The highest BCUT2D eigenvalue weighted by atomic mass is 16.3. The van der Waals surface area contributed by atoms with Crippen molar-refractivity contribution in [3.63, 3.8) is 0 Å². The van der Waals surface area contributed by atoms with Gasteiger partial charge in [-0.15, -0.1) is 0 Å². The van der Waals surface area contributed by atoms with Gasteiger partial charge < -0.3 is 15.7 Å². The number of rotatable bonds is 6. The molecule has 0 amide bonds. The second-order valence-electron chi connectivity index (χ2n) is 6.95. The first-order chi connectivity index (χ1) is 9.18. The van der Waals surface area contributed by atoms with Crippen molar-refractivity contribution in [2.24, 2.45) is 5.41 Å². The van der Waals surface area contributed by atoms with Crippen LogP contribution in [0.1, 0.15) is 46.9 Å². The number of aromatic nitrogens is 2. The molecule has 5 heteroatoms. The van der Waals surface area contributed by atoms with Crippen molar-refractivity contribution in [1.82, 2.24) is 9.97 Å². The van der Waals surface area contributed by atoms with Crippen LogP contribution >= 0.6 is 0 Å². The zero-order chi connectivity index (χ0) is 15.4. The first kappa shape index (κ1) is 16.7. The van der Waals surface area contributed by atoms with Gasteiger partial charge in [0.2, 0.25) is 0 Å². The molecule has 0 aromatic carbocycles. The van der Waals surface area contributed by atoms with E-state index in [1.807, 2.05) is 13.1 Å². The van der Waals surface area contributed by atoms with Crippen molar-refractivity contribution in [3.8, 4) is 0 Å². The topological polar surface area (TPSA) is 70.1 Å². The van der Waals surface area contributed by atoms with Crippen LogP contribution in [-0.2, 0) is 5.41 Å². The average molecular weight is 280 g/mol. The largest absolute Gasteiger partial charge is 0.396 e. The minimum atomic E-state index is -0.0933. The van der Waals surface area contributed by atoms with E-state index in [4.69, 9.17) is 5.11 Å². The molecule has 1 heterocycles. The lowest BCUT2D eigenvalue weighted by atomic mass is 9.90. The lowest BCUT2D eigenvalue weighted by Crippen LogP contribution is -2.25. The Balaban J connectivity index is 2.90. The van der Waals surface area contributed by atoms with E-state index in [-0.39, 0.29) is 17.4 Å². The summed E-state index contributed by atoms with van der Waals surface area (Å²) >= 11 is 0. The Labute approximate surface area is 122 Å². The molecule has 1 aromatic heterocycles. The summed E-state index contributed by atoms with van der Waals surface area (Å²) in [7, 11) is 1.86. The summed E-state index contributed by atoms with van der Waals surface area (Å²) in [5.74, 6) is 2.44. The molecule has 0 aliphatic heterocycles. The number of anilines is 2. The highest BCUT2D eigenvalue weighted by Crippen LogP contribution is 2.24. The Morgan fingerprint density at radius 1 is 1.10 bits per heavy atom. The Morgan fingerprint density at radius 2 is 1.70 bits per heavy atom. The van der Waals surface area contributed by atoms with Crippen LogP contribution in [0.4, 0.5) is 11.6 Å². The number of aliphatic hydroxyl groups is 1. The van der Waals surface area contributed by atoms with Gasteiger partial charge in [0.1, 0.15) is 17.5 Å². The fourth-order valence-electron chi connectivity index (χ4n) is 1.72. The predicted octanol–water partition coefficient (Wildman–Crippen LogP) is 2.64. The number of hydrogen-bond donors (Lipinski definition) is 3. The van der Waals surface area contributed by atoms with Crippen molar-refractivity contribution in [2.75, 3.05) is 30.8 Å². The van der Waals surface area contributed by atoms with Crippen LogP contribution in [0.25, 0.3) is 0 Å². The Bertz CT molecular complexity index is 438. The van der Waals surface area contributed by atoms with Crippen LogP contribution in [0.2, 0.25) is 0 Å². The lowest BCUT2D eigenvalue weighted by Gasteiger charge is -2.25. The van der Waals surface area contributed by atoms with Gasteiger partial charge in [-0.25, -0.2) is 9.97 Å². The maximum Gasteiger partial charge on any atom is 0.138 e. The molecular weight excluding hydrogens is 252 g/mol. The molecule has 3 N–H and O–H groups in total. The lowest BCUT2D eigenvalue weighted by molar-refractivity contribution is 0.220. The van der Waals surface area contributed by atoms with E-state index in [9.17, 15) is 0 Å². The molecule has 20 heavy (non-hydrogen) atoms. The molecule has 0 radical (unpaired) electrons. The first-order valence-electron chi connectivity index (χ1n) is 7.10. The Hall–Kier alpha value is -1.36. The van der Waals surface area contributed by atoms with E-state index >= 15 is 0 Å². The molecule has 1 aromatic rings. The standard InChI is InChI=1S/C15H28N4O/c1-14(2,3)13-18-11(16-6)9-12(19-13)17-10-15(4,5)7-8-20/h9,20H,7-8,10H2,1-6H3,(H2,16,17,18,19). The summed E-state index contributed by atoms with van der Waals surface area (Å²) in [6, 6.07) is 1.91. The Kier molecular flexibility index (Phi) is 5.34. The third-order valence-corrected chi connectivity index (χ3v) is 3.19. The molecule has 5 nitrogen and oxygen atoms in total. The summed E-state index contributed by atoms with van der Waals surface area (Å²) in [5.41, 5.74) is -0.0642.